The number of ether oxygens (including phenoxy) is 1. The van der Waals surface area contributed by atoms with E-state index in [9.17, 15) is 9.18 Å². The maximum Gasteiger partial charge on any atom is 0.337 e. The van der Waals surface area contributed by atoms with E-state index < -0.39 is 11.8 Å². The lowest BCUT2D eigenvalue weighted by Crippen LogP contribution is -1.98. The normalized spacial score (nSPS) is 10.4. The highest BCUT2D eigenvalue weighted by Crippen LogP contribution is 2.26. The van der Waals surface area contributed by atoms with Crippen LogP contribution in [0.2, 0.25) is 0 Å². The van der Waals surface area contributed by atoms with Gasteiger partial charge in [-0.2, -0.15) is 0 Å². The fourth-order valence-corrected chi connectivity index (χ4v) is 1.45. The molecule has 0 aliphatic heterocycles. The summed E-state index contributed by atoms with van der Waals surface area (Å²) in [6.07, 6.45) is 1.18. The van der Waals surface area contributed by atoms with E-state index in [0.29, 0.717) is 10.9 Å². The molecule has 5 heteroatoms. The number of rotatable bonds is 2. The van der Waals surface area contributed by atoms with Gasteiger partial charge in [0.1, 0.15) is 11.6 Å². The number of hydrogen-bond acceptors (Lipinski definition) is 3. The minimum absolute atomic E-state index is 0.0393. The number of carboxylic acid groups (broad SMARTS) is 1. The predicted octanol–water partition coefficient (Wildman–Crippen LogP) is 2.08. The van der Waals surface area contributed by atoms with Gasteiger partial charge in [-0.05, 0) is 6.07 Å². The number of halogens is 1. The molecule has 4 nitrogen and oxygen atoms in total. The molecule has 16 heavy (non-hydrogen) atoms. The van der Waals surface area contributed by atoms with Crippen LogP contribution < -0.4 is 4.74 Å². The summed E-state index contributed by atoms with van der Waals surface area (Å²) < 4.78 is 18.1. The molecule has 0 fully saturated rings. The maximum atomic E-state index is 13.1. The first-order chi connectivity index (χ1) is 7.61. The molecule has 0 aliphatic carbocycles. The van der Waals surface area contributed by atoms with Crippen molar-refractivity contribution in [1.82, 2.24) is 4.98 Å². The number of fused-ring (bicyclic) bond motifs is 1. The van der Waals surface area contributed by atoms with Crippen molar-refractivity contribution in [3.8, 4) is 5.75 Å². The Hall–Kier alpha value is -2.17. The molecule has 2 rings (SSSR count). The Labute approximate surface area is 90.3 Å². The molecule has 1 N–H and O–H groups in total. The van der Waals surface area contributed by atoms with Crippen molar-refractivity contribution in [2.75, 3.05) is 7.11 Å². The van der Waals surface area contributed by atoms with E-state index in [2.05, 4.69) is 4.98 Å². The average molecular weight is 221 g/mol. The van der Waals surface area contributed by atoms with Gasteiger partial charge in [-0.25, -0.2) is 9.18 Å². The Morgan fingerprint density at radius 2 is 2.19 bits per heavy atom. The summed E-state index contributed by atoms with van der Waals surface area (Å²) in [5.41, 5.74) is 0.402. The molecule has 82 valence electrons. The number of pyridine rings is 1. The van der Waals surface area contributed by atoms with Crippen molar-refractivity contribution >= 4 is 16.9 Å². The van der Waals surface area contributed by atoms with Crippen LogP contribution in [0.15, 0.2) is 24.4 Å². The standard InChI is InChI=1S/C11H8FNO3/c1-16-10-4-7(12)3-9-8(10)2-6(5-13-9)11(14)15/h2-5H,1H3,(H,14,15). The Morgan fingerprint density at radius 3 is 2.81 bits per heavy atom. The molecule has 0 amide bonds. The van der Waals surface area contributed by atoms with Gasteiger partial charge in [0.25, 0.3) is 0 Å². The van der Waals surface area contributed by atoms with Crippen molar-refractivity contribution in [2.24, 2.45) is 0 Å². The third kappa shape index (κ3) is 1.67. The molecule has 0 aliphatic rings. The Bertz CT molecular complexity index is 568. The SMILES string of the molecule is COc1cc(F)cc2ncc(C(=O)O)cc12. The molecule has 0 atom stereocenters. The number of hydrogen-bond donors (Lipinski definition) is 1. The van der Waals surface area contributed by atoms with Gasteiger partial charge in [-0.3, -0.25) is 4.98 Å². The number of aromatic carboxylic acids is 1. The first kappa shape index (κ1) is 10.4. The van der Waals surface area contributed by atoms with Gasteiger partial charge < -0.3 is 9.84 Å². The highest BCUT2D eigenvalue weighted by Gasteiger charge is 2.09. The number of benzene rings is 1. The number of carbonyl (C=O) groups is 1. The van der Waals surface area contributed by atoms with Gasteiger partial charge in [-0.1, -0.05) is 0 Å². The lowest BCUT2D eigenvalue weighted by Gasteiger charge is -2.05. The van der Waals surface area contributed by atoms with Crippen LogP contribution in [0.25, 0.3) is 10.9 Å². The molecule has 0 radical (unpaired) electrons. The molecular weight excluding hydrogens is 213 g/mol. The van der Waals surface area contributed by atoms with Gasteiger partial charge >= 0.3 is 5.97 Å². The molecular formula is C11H8FNO3. The molecule has 0 spiro atoms. The largest absolute Gasteiger partial charge is 0.496 e. The summed E-state index contributed by atoms with van der Waals surface area (Å²) in [6, 6.07) is 3.82. The Morgan fingerprint density at radius 1 is 1.44 bits per heavy atom. The van der Waals surface area contributed by atoms with E-state index in [1.807, 2.05) is 0 Å². The summed E-state index contributed by atoms with van der Waals surface area (Å²) in [5.74, 6) is -1.29. The van der Waals surface area contributed by atoms with Gasteiger partial charge in [0.2, 0.25) is 0 Å². The zero-order valence-corrected chi connectivity index (χ0v) is 8.40. The zero-order valence-electron chi connectivity index (χ0n) is 8.40. The van der Waals surface area contributed by atoms with Crippen LogP contribution in [0, 0.1) is 5.82 Å². The topological polar surface area (TPSA) is 59.4 Å². The first-order valence-corrected chi connectivity index (χ1v) is 4.48. The van der Waals surface area contributed by atoms with Crippen molar-refractivity contribution in [2.45, 2.75) is 0 Å². The summed E-state index contributed by atoms with van der Waals surface area (Å²) in [6.45, 7) is 0. The molecule has 1 aromatic carbocycles. The smallest absolute Gasteiger partial charge is 0.337 e. The van der Waals surface area contributed by atoms with E-state index in [1.54, 1.807) is 0 Å². The lowest BCUT2D eigenvalue weighted by atomic mass is 10.1. The summed E-state index contributed by atoms with van der Waals surface area (Å²) in [7, 11) is 1.39. The van der Waals surface area contributed by atoms with Crippen LogP contribution in [0.3, 0.4) is 0 Å². The van der Waals surface area contributed by atoms with Crippen LogP contribution >= 0.6 is 0 Å². The number of nitrogens with zero attached hydrogens (tertiary/aromatic N) is 1. The molecule has 0 saturated heterocycles. The Balaban J connectivity index is 2.75. The Kier molecular flexibility index (Phi) is 2.44. The molecule has 0 saturated carbocycles. The third-order valence-corrected chi connectivity index (χ3v) is 2.19. The minimum Gasteiger partial charge on any atom is -0.496 e. The van der Waals surface area contributed by atoms with Crippen LogP contribution in [0.1, 0.15) is 10.4 Å². The van der Waals surface area contributed by atoms with E-state index in [1.165, 1.54) is 31.5 Å². The van der Waals surface area contributed by atoms with Crippen LogP contribution in [-0.4, -0.2) is 23.2 Å². The van der Waals surface area contributed by atoms with Crippen LogP contribution in [0.5, 0.6) is 5.75 Å². The highest BCUT2D eigenvalue weighted by molar-refractivity contribution is 5.94. The number of methoxy groups -OCH3 is 1. The molecule has 2 aromatic rings. The number of aromatic nitrogens is 1. The summed E-state index contributed by atoms with van der Waals surface area (Å²) in [4.78, 5) is 14.6. The van der Waals surface area contributed by atoms with E-state index in [4.69, 9.17) is 9.84 Å². The molecule has 1 heterocycles. The lowest BCUT2D eigenvalue weighted by molar-refractivity contribution is 0.0696. The van der Waals surface area contributed by atoms with Crippen molar-refractivity contribution in [3.63, 3.8) is 0 Å². The second-order valence-corrected chi connectivity index (χ2v) is 3.20. The fraction of sp³-hybridized carbons (Fsp3) is 0.0909. The van der Waals surface area contributed by atoms with Crippen molar-refractivity contribution < 1.29 is 19.0 Å². The van der Waals surface area contributed by atoms with Gasteiger partial charge in [0.05, 0.1) is 18.2 Å². The second-order valence-electron chi connectivity index (χ2n) is 3.20. The van der Waals surface area contributed by atoms with Gasteiger partial charge in [-0.15, -0.1) is 0 Å². The zero-order chi connectivity index (χ0) is 11.7. The highest BCUT2D eigenvalue weighted by atomic mass is 19.1. The molecule has 0 bridgehead atoms. The molecule has 0 unspecified atom stereocenters. The quantitative estimate of drug-likeness (QED) is 0.843. The van der Waals surface area contributed by atoms with Crippen molar-refractivity contribution in [1.29, 1.82) is 0 Å². The van der Waals surface area contributed by atoms with Crippen molar-refractivity contribution in [3.05, 3.63) is 35.8 Å². The fourth-order valence-electron chi connectivity index (χ4n) is 1.45. The second kappa shape index (κ2) is 3.77. The predicted molar refractivity (Wildman–Crippen MR) is 55.2 cm³/mol. The minimum atomic E-state index is -1.08. The molecule has 1 aromatic heterocycles. The van der Waals surface area contributed by atoms with Gasteiger partial charge in [0.15, 0.2) is 0 Å². The third-order valence-electron chi connectivity index (χ3n) is 2.19. The monoisotopic (exact) mass is 221 g/mol. The van der Waals surface area contributed by atoms with E-state index >= 15 is 0 Å². The maximum absolute atomic E-state index is 13.1. The number of carboxylic acids is 1. The van der Waals surface area contributed by atoms with Crippen LogP contribution in [-0.2, 0) is 0 Å². The first-order valence-electron chi connectivity index (χ1n) is 4.48. The van der Waals surface area contributed by atoms with E-state index in [0.717, 1.165) is 0 Å². The average Bonchev–Trinajstić information content (AvgIpc) is 2.27. The summed E-state index contributed by atoms with van der Waals surface area (Å²) >= 11 is 0. The van der Waals surface area contributed by atoms with Gasteiger partial charge in [0, 0.05) is 23.7 Å². The van der Waals surface area contributed by atoms with Crippen LogP contribution in [0.4, 0.5) is 4.39 Å². The van der Waals surface area contributed by atoms with E-state index in [-0.39, 0.29) is 11.3 Å². The summed E-state index contributed by atoms with van der Waals surface area (Å²) in [5, 5.41) is 9.28.